The monoisotopic (exact) mass is 358 g/mol. The summed E-state index contributed by atoms with van der Waals surface area (Å²) >= 11 is 0. The van der Waals surface area contributed by atoms with Crippen molar-refractivity contribution in [1.82, 2.24) is 0 Å². The number of aliphatic hydroxyl groups is 1. The van der Waals surface area contributed by atoms with E-state index in [4.69, 9.17) is 9.47 Å². The highest BCUT2D eigenvalue weighted by Crippen LogP contribution is 2.29. The fourth-order valence-corrected chi connectivity index (χ4v) is 2.54. The van der Waals surface area contributed by atoms with Gasteiger partial charge in [0.2, 0.25) is 6.41 Å². The quantitative estimate of drug-likeness (QED) is 0.705. The summed E-state index contributed by atoms with van der Waals surface area (Å²) in [6.07, 6.45) is -0.905. The van der Waals surface area contributed by atoms with Crippen molar-refractivity contribution in [3.05, 3.63) is 48.5 Å². The van der Waals surface area contributed by atoms with Gasteiger partial charge in [-0.3, -0.25) is 9.59 Å². The number of benzene rings is 2. The van der Waals surface area contributed by atoms with Crippen LogP contribution in [0.5, 0.6) is 11.5 Å². The normalized spacial score (nSPS) is 12.6. The van der Waals surface area contributed by atoms with Crippen LogP contribution >= 0.6 is 0 Å². The second-order valence-electron chi connectivity index (χ2n) is 5.56. The second-order valence-corrected chi connectivity index (χ2v) is 5.56. The Kier molecular flexibility index (Phi) is 6.57. The van der Waals surface area contributed by atoms with E-state index in [0.29, 0.717) is 29.3 Å². The number of rotatable bonds is 8. The van der Waals surface area contributed by atoms with E-state index in [-0.39, 0.29) is 0 Å². The van der Waals surface area contributed by atoms with Crippen molar-refractivity contribution in [3.8, 4) is 11.5 Å². The molecule has 0 fully saturated rings. The van der Waals surface area contributed by atoms with Gasteiger partial charge in [0.15, 0.2) is 6.10 Å². The molecule has 2 amide bonds. The summed E-state index contributed by atoms with van der Waals surface area (Å²) in [5.74, 6) is 0.283. The lowest BCUT2D eigenvalue weighted by Crippen LogP contribution is -2.47. The predicted octanol–water partition coefficient (Wildman–Crippen LogP) is 2.05. The van der Waals surface area contributed by atoms with Crippen LogP contribution in [0.2, 0.25) is 0 Å². The Labute approximate surface area is 152 Å². The van der Waals surface area contributed by atoms with Crippen LogP contribution in [0.3, 0.4) is 0 Å². The number of aliphatic hydroxyl groups excluding tert-OH is 1. The molecule has 2 rings (SSSR count). The van der Waals surface area contributed by atoms with Crippen LogP contribution in [0, 0.1) is 0 Å². The van der Waals surface area contributed by atoms with Crippen LogP contribution in [0.4, 0.5) is 11.4 Å². The zero-order valence-corrected chi connectivity index (χ0v) is 14.9. The molecule has 0 bridgehead atoms. The van der Waals surface area contributed by atoms with Gasteiger partial charge in [-0.15, -0.1) is 0 Å². The first-order valence-corrected chi connectivity index (χ1v) is 8.02. The number of anilines is 2. The first kappa shape index (κ1) is 19.3. The van der Waals surface area contributed by atoms with Gasteiger partial charge in [0.1, 0.15) is 11.5 Å². The maximum absolute atomic E-state index is 12.4. The topological polar surface area (TPSA) is 88.1 Å². The number of amides is 2. The summed E-state index contributed by atoms with van der Waals surface area (Å²) < 4.78 is 10.4. The molecule has 0 unspecified atom stereocenters. The number of hydrogen-bond acceptors (Lipinski definition) is 5. The third-order valence-corrected chi connectivity index (χ3v) is 4.01. The summed E-state index contributed by atoms with van der Waals surface area (Å²) in [6, 6.07) is 12.9. The molecule has 2 aromatic rings. The van der Waals surface area contributed by atoms with Crippen LogP contribution < -0.4 is 19.7 Å². The first-order valence-electron chi connectivity index (χ1n) is 8.02. The van der Waals surface area contributed by atoms with Crippen molar-refractivity contribution in [2.75, 3.05) is 24.4 Å². The van der Waals surface area contributed by atoms with Crippen LogP contribution in [-0.4, -0.2) is 43.8 Å². The highest BCUT2D eigenvalue weighted by atomic mass is 16.5. The smallest absolute Gasteiger partial charge is 0.255 e. The standard InChI is InChI=1S/C19H22N2O5/c1-13(21(12-22)15-9-5-7-11-17(15)26-3)18(23)19(24)20-14-8-4-6-10-16(14)25-2/h4-13,18,23H,1-3H3,(H,20,24)/t13-,18+/m0/s1. The lowest BCUT2D eigenvalue weighted by molar-refractivity contribution is -0.125. The molecular formula is C19H22N2O5. The number of carbonyl (C=O) groups excluding carboxylic acids is 2. The van der Waals surface area contributed by atoms with Crippen molar-refractivity contribution in [2.24, 2.45) is 0 Å². The van der Waals surface area contributed by atoms with E-state index in [9.17, 15) is 14.7 Å². The average Bonchev–Trinajstić information content (AvgIpc) is 2.68. The van der Waals surface area contributed by atoms with E-state index in [1.807, 2.05) is 0 Å². The van der Waals surface area contributed by atoms with Crippen molar-refractivity contribution < 1.29 is 24.2 Å². The third-order valence-electron chi connectivity index (χ3n) is 4.01. The lowest BCUT2D eigenvalue weighted by Gasteiger charge is -2.29. The Hall–Kier alpha value is -3.06. The lowest BCUT2D eigenvalue weighted by atomic mass is 10.1. The summed E-state index contributed by atoms with van der Waals surface area (Å²) in [6.45, 7) is 1.58. The van der Waals surface area contributed by atoms with E-state index in [1.54, 1.807) is 55.5 Å². The predicted molar refractivity (Wildman–Crippen MR) is 98.6 cm³/mol. The Balaban J connectivity index is 2.19. The van der Waals surface area contributed by atoms with Gasteiger partial charge in [-0.2, -0.15) is 0 Å². The molecule has 7 nitrogen and oxygen atoms in total. The number of nitrogens with zero attached hydrogens (tertiary/aromatic N) is 1. The maximum Gasteiger partial charge on any atom is 0.255 e. The Morgan fingerprint density at radius 1 is 1.08 bits per heavy atom. The Bertz CT molecular complexity index is 765. The molecule has 138 valence electrons. The van der Waals surface area contributed by atoms with Gasteiger partial charge < -0.3 is 24.8 Å². The molecule has 2 aromatic carbocycles. The Morgan fingerprint density at radius 3 is 2.27 bits per heavy atom. The highest BCUT2D eigenvalue weighted by molar-refractivity contribution is 5.96. The molecule has 0 saturated heterocycles. The molecule has 0 heterocycles. The number of carbonyl (C=O) groups is 2. The van der Waals surface area contributed by atoms with Gasteiger partial charge in [-0.05, 0) is 31.2 Å². The van der Waals surface area contributed by atoms with Gasteiger partial charge in [0.25, 0.3) is 5.91 Å². The molecule has 2 N–H and O–H groups in total. The van der Waals surface area contributed by atoms with Gasteiger partial charge in [0.05, 0.1) is 31.6 Å². The minimum absolute atomic E-state index is 0.432. The molecule has 0 aromatic heterocycles. The third kappa shape index (κ3) is 4.12. The van der Waals surface area contributed by atoms with Crippen molar-refractivity contribution in [1.29, 1.82) is 0 Å². The van der Waals surface area contributed by atoms with Gasteiger partial charge >= 0.3 is 0 Å². The summed E-state index contributed by atoms with van der Waals surface area (Å²) in [7, 11) is 2.97. The molecular weight excluding hydrogens is 336 g/mol. The largest absolute Gasteiger partial charge is 0.495 e. The van der Waals surface area contributed by atoms with Crippen LogP contribution in [0.15, 0.2) is 48.5 Å². The number of nitrogens with one attached hydrogen (secondary N) is 1. The van der Waals surface area contributed by atoms with Gasteiger partial charge in [0, 0.05) is 0 Å². The molecule has 26 heavy (non-hydrogen) atoms. The maximum atomic E-state index is 12.4. The molecule has 0 aliphatic heterocycles. The second kappa shape index (κ2) is 8.87. The highest BCUT2D eigenvalue weighted by Gasteiger charge is 2.29. The molecule has 0 spiro atoms. The summed E-state index contributed by atoms with van der Waals surface area (Å²) in [4.78, 5) is 25.3. The minimum atomic E-state index is -1.46. The number of para-hydroxylation sites is 4. The van der Waals surface area contributed by atoms with Crippen molar-refractivity contribution in [2.45, 2.75) is 19.1 Å². The fourth-order valence-electron chi connectivity index (χ4n) is 2.54. The van der Waals surface area contributed by atoms with E-state index < -0.39 is 18.1 Å². The molecule has 0 aliphatic carbocycles. The van der Waals surface area contributed by atoms with Crippen LogP contribution in [0.25, 0.3) is 0 Å². The average molecular weight is 358 g/mol. The van der Waals surface area contributed by atoms with Crippen LogP contribution in [0.1, 0.15) is 6.92 Å². The summed E-state index contributed by atoms with van der Waals surface area (Å²) in [5, 5.41) is 13.1. The number of ether oxygens (including phenoxy) is 2. The van der Waals surface area contributed by atoms with E-state index >= 15 is 0 Å². The minimum Gasteiger partial charge on any atom is -0.495 e. The van der Waals surface area contributed by atoms with Gasteiger partial charge in [-0.1, -0.05) is 24.3 Å². The van der Waals surface area contributed by atoms with E-state index in [0.717, 1.165) is 0 Å². The molecule has 0 saturated carbocycles. The van der Waals surface area contributed by atoms with E-state index in [1.165, 1.54) is 19.1 Å². The Morgan fingerprint density at radius 2 is 1.65 bits per heavy atom. The molecule has 0 radical (unpaired) electrons. The number of methoxy groups -OCH3 is 2. The zero-order chi connectivity index (χ0) is 19.1. The fraction of sp³-hybridized carbons (Fsp3) is 0.263. The van der Waals surface area contributed by atoms with Crippen molar-refractivity contribution >= 4 is 23.7 Å². The van der Waals surface area contributed by atoms with Crippen LogP contribution in [-0.2, 0) is 9.59 Å². The molecule has 2 atom stereocenters. The summed E-state index contributed by atoms with van der Waals surface area (Å²) in [5.41, 5.74) is 0.892. The van der Waals surface area contributed by atoms with E-state index in [2.05, 4.69) is 5.32 Å². The number of hydrogen-bond donors (Lipinski definition) is 2. The van der Waals surface area contributed by atoms with Crippen molar-refractivity contribution in [3.63, 3.8) is 0 Å². The molecule has 7 heteroatoms. The molecule has 0 aliphatic rings. The zero-order valence-electron chi connectivity index (χ0n) is 14.9. The SMILES string of the molecule is COc1ccccc1NC(=O)[C@H](O)[C@H](C)N(C=O)c1ccccc1OC. The van der Waals surface area contributed by atoms with Gasteiger partial charge in [-0.25, -0.2) is 0 Å². The first-order chi connectivity index (χ1) is 12.5.